The number of amides is 3. The Morgan fingerprint density at radius 3 is 2.56 bits per heavy atom. The zero-order valence-corrected chi connectivity index (χ0v) is 18.5. The number of anilines is 1. The van der Waals surface area contributed by atoms with Crippen LogP contribution in [0.2, 0.25) is 0 Å². The molecular weight excluding hydrogens is 408 g/mol. The van der Waals surface area contributed by atoms with Gasteiger partial charge < -0.3 is 20.3 Å². The summed E-state index contributed by atoms with van der Waals surface area (Å²) in [4.78, 5) is 34.4. The highest BCUT2D eigenvalue weighted by molar-refractivity contribution is 6.00. The Kier molecular flexibility index (Phi) is 7.93. The molecule has 0 aliphatic carbocycles. The summed E-state index contributed by atoms with van der Waals surface area (Å²) in [5.41, 5.74) is 2.85. The fraction of sp³-hybridized carbons (Fsp3) is 0.304. The summed E-state index contributed by atoms with van der Waals surface area (Å²) in [7, 11) is 3.83. The van der Waals surface area contributed by atoms with Gasteiger partial charge in [0.05, 0.1) is 0 Å². The molecule has 3 aromatic rings. The van der Waals surface area contributed by atoms with Crippen molar-refractivity contribution in [3.8, 4) is 11.1 Å². The van der Waals surface area contributed by atoms with Crippen molar-refractivity contribution in [3.63, 3.8) is 0 Å². The largest absolute Gasteiger partial charge is 0.448 e. The van der Waals surface area contributed by atoms with Crippen LogP contribution in [0.1, 0.15) is 12.5 Å². The SMILES string of the molecule is CCNC(=O)Nc1cc2c(-c3ccncc3)ccc(CNC(=O)OCCN(C)C)c2cn1. The van der Waals surface area contributed by atoms with Crippen molar-refractivity contribution in [2.24, 2.45) is 0 Å². The summed E-state index contributed by atoms with van der Waals surface area (Å²) < 4.78 is 5.20. The number of fused-ring (bicyclic) bond motifs is 1. The van der Waals surface area contributed by atoms with Gasteiger partial charge in [-0.25, -0.2) is 14.6 Å². The molecule has 168 valence electrons. The zero-order valence-electron chi connectivity index (χ0n) is 18.5. The van der Waals surface area contributed by atoms with Gasteiger partial charge in [0.15, 0.2) is 0 Å². The van der Waals surface area contributed by atoms with Crippen molar-refractivity contribution in [3.05, 3.63) is 54.5 Å². The van der Waals surface area contributed by atoms with E-state index >= 15 is 0 Å². The van der Waals surface area contributed by atoms with E-state index in [0.717, 1.165) is 27.5 Å². The van der Waals surface area contributed by atoms with E-state index in [0.29, 0.717) is 32.1 Å². The lowest BCUT2D eigenvalue weighted by molar-refractivity contribution is 0.136. The number of pyridine rings is 2. The Hall–Kier alpha value is -3.72. The Labute approximate surface area is 187 Å². The van der Waals surface area contributed by atoms with Crippen LogP contribution in [-0.4, -0.2) is 60.8 Å². The van der Waals surface area contributed by atoms with Crippen LogP contribution in [0.25, 0.3) is 21.9 Å². The number of aromatic nitrogens is 2. The molecule has 3 N–H and O–H groups in total. The number of hydrogen-bond acceptors (Lipinski definition) is 6. The van der Waals surface area contributed by atoms with E-state index in [2.05, 4.69) is 25.9 Å². The van der Waals surface area contributed by atoms with Crippen LogP contribution in [0.4, 0.5) is 15.4 Å². The van der Waals surface area contributed by atoms with Gasteiger partial charge in [0.2, 0.25) is 0 Å². The van der Waals surface area contributed by atoms with Crippen molar-refractivity contribution in [1.82, 2.24) is 25.5 Å². The topological polar surface area (TPSA) is 108 Å². The lowest BCUT2D eigenvalue weighted by Crippen LogP contribution is -2.28. The molecule has 0 aliphatic rings. The number of nitrogens with one attached hydrogen (secondary N) is 3. The van der Waals surface area contributed by atoms with Gasteiger partial charge >= 0.3 is 12.1 Å². The van der Waals surface area contributed by atoms with Crippen LogP contribution in [0.3, 0.4) is 0 Å². The number of alkyl carbamates (subject to hydrolysis) is 1. The fourth-order valence-corrected chi connectivity index (χ4v) is 3.16. The molecule has 0 saturated carbocycles. The summed E-state index contributed by atoms with van der Waals surface area (Å²) in [6, 6.07) is 9.30. The quantitative estimate of drug-likeness (QED) is 0.500. The van der Waals surface area contributed by atoms with E-state index in [1.807, 2.05) is 56.3 Å². The van der Waals surface area contributed by atoms with Gasteiger partial charge in [-0.15, -0.1) is 0 Å². The van der Waals surface area contributed by atoms with E-state index in [1.54, 1.807) is 18.6 Å². The van der Waals surface area contributed by atoms with E-state index in [-0.39, 0.29) is 6.03 Å². The predicted molar refractivity (Wildman–Crippen MR) is 124 cm³/mol. The standard InChI is InChI=1S/C23H28N6O3/c1-4-25-22(30)28-21-13-19-18(16-7-9-24-10-8-16)6-5-17(20(19)15-26-21)14-27-23(31)32-12-11-29(2)3/h5-10,13,15H,4,11-12,14H2,1-3H3,(H,27,31)(H2,25,26,28,30). The maximum atomic E-state index is 12.0. The Bertz CT molecular complexity index is 1070. The van der Waals surface area contributed by atoms with Crippen molar-refractivity contribution < 1.29 is 14.3 Å². The summed E-state index contributed by atoms with van der Waals surface area (Å²) >= 11 is 0. The number of ether oxygens (including phenoxy) is 1. The van der Waals surface area contributed by atoms with Crippen LogP contribution < -0.4 is 16.0 Å². The van der Waals surface area contributed by atoms with Gasteiger partial charge in [0.1, 0.15) is 12.4 Å². The highest BCUT2D eigenvalue weighted by Gasteiger charge is 2.12. The second-order valence-electron chi connectivity index (χ2n) is 7.40. The van der Waals surface area contributed by atoms with Gasteiger partial charge in [0.25, 0.3) is 0 Å². The summed E-state index contributed by atoms with van der Waals surface area (Å²) in [5.74, 6) is 0.437. The lowest BCUT2D eigenvalue weighted by atomic mass is 9.96. The molecule has 9 heteroatoms. The normalized spacial score (nSPS) is 10.8. The van der Waals surface area contributed by atoms with E-state index in [1.165, 1.54) is 0 Å². The lowest BCUT2D eigenvalue weighted by Gasteiger charge is -2.14. The van der Waals surface area contributed by atoms with Crippen LogP contribution >= 0.6 is 0 Å². The number of carbonyl (C=O) groups excluding carboxylic acids is 2. The molecule has 3 rings (SSSR count). The van der Waals surface area contributed by atoms with Gasteiger partial charge in [0, 0.05) is 43.6 Å². The monoisotopic (exact) mass is 436 g/mol. The Balaban J connectivity index is 1.88. The fourth-order valence-electron chi connectivity index (χ4n) is 3.16. The van der Waals surface area contributed by atoms with Crippen molar-refractivity contribution in [2.45, 2.75) is 13.5 Å². The molecule has 1 aromatic carbocycles. The molecule has 0 aliphatic heterocycles. The number of hydrogen-bond donors (Lipinski definition) is 3. The van der Waals surface area contributed by atoms with Gasteiger partial charge in [-0.3, -0.25) is 10.3 Å². The van der Waals surface area contributed by atoms with Gasteiger partial charge in [-0.1, -0.05) is 12.1 Å². The average molecular weight is 437 g/mol. The zero-order chi connectivity index (χ0) is 22.9. The number of urea groups is 1. The molecule has 0 fully saturated rings. The van der Waals surface area contributed by atoms with Gasteiger partial charge in [-0.05, 0) is 61.3 Å². The summed E-state index contributed by atoms with van der Waals surface area (Å²) in [5, 5.41) is 10.0. The molecule has 0 saturated heterocycles. The molecule has 2 heterocycles. The molecule has 3 amide bonds. The number of nitrogens with zero attached hydrogens (tertiary/aromatic N) is 3. The molecular formula is C23H28N6O3. The van der Waals surface area contributed by atoms with Gasteiger partial charge in [-0.2, -0.15) is 0 Å². The highest BCUT2D eigenvalue weighted by Crippen LogP contribution is 2.31. The maximum Gasteiger partial charge on any atom is 0.407 e. The van der Waals surface area contributed by atoms with E-state index in [4.69, 9.17) is 4.74 Å². The minimum atomic E-state index is -0.472. The summed E-state index contributed by atoms with van der Waals surface area (Å²) in [6.07, 6.45) is 4.70. The maximum absolute atomic E-state index is 12.0. The van der Waals surface area contributed by atoms with E-state index in [9.17, 15) is 9.59 Å². The van der Waals surface area contributed by atoms with Crippen LogP contribution in [0, 0.1) is 0 Å². The number of rotatable bonds is 8. The Morgan fingerprint density at radius 1 is 1.06 bits per heavy atom. The third-order valence-electron chi connectivity index (χ3n) is 4.76. The molecule has 0 spiro atoms. The van der Waals surface area contributed by atoms with E-state index < -0.39 is 6.09 Å². The first-order valence-corrected chi connectivity index (χ1v) is 10.4. The second kappa shape index (κ2) is 11.1. The molecule has 32 heavy (non-hydrogen) atoms. The number of likely N-dealkylation sites (N-methyl/N-ethyl adjacent to an activating group) is 1. The first kappa shape index (κ1) is 23.0. The average Bonchev–Trinajstić information content (AvgIpc) is 2.77. The number of carbonyl (C=O) groups is 2. The van der Waals surface area contributed by atoms with Crippen molar-refractivity contribution in [2.75, 3.05) is 39.1 Å². The van der Waals surface area contributed by atoms with Crippen LogP contribution in [0.15, 0.2) is 48.9 Å². The van der Waals surface area contributed by atoms with Crippen LogP contribution in [0.5, 0.6) is 0 Å². The molecule has 0 bridgehead atoms. The van der Waals surface area contributed by atoms with Crippen LogP contribution in [-0.2, 0) is 11.3 Å². The smallest absolute Gasteiger partial charge is 0.407 e. The second-order valence-corrected chi connectivity index (χ2v) is 7.40. The molecule has 2 aromatic heterocycles. The highest BCUT2D eigenvalue weighted by atomic mass is 16.5. The third kappa shape index (κ3) is 6.14. The third-order valence-corrected chi connectivity index (χ3v) is 4.76. The Morgan fingerprint density at radius 2 is 1.84 bits per heavy atom. The first-order chi connectivity index (χ1) is 15.5. The number of benzene rings is 1. The first-order valence-electron chi connectivity index (χ1n) is 10.4. The predicted octanol–water partition coefficient (Wildman–Crippen LogP) is 3.23. The van der Waals surface area contributed by atoms with Crippen molar-refractivity contribution >= 4 is 28.7 Å². The minimum Gasteiger partial charge on any atom is -0.448 e. The molecule has 0 unspecified atom stereocenters. The summed E-state index contributed by atoms with van der Waals surface area (Å²) in [6.45, 7) is 3.62. The molecule has 0 radical (unpaired) electrons. The molecule has 0 atom stereocenters. The molecule has 9 nitrogen and oxygen atoms in total. The minimum absolute atomic E-state index is 0.290. The van der Waals surface area contributed by atoms with Crippen molar-refractivity contribution in [1.29, 1.82) is 0 Å².